The van der Waals surface area contributed by atoms with E-state index in [1.165, 1.54) is 11.6 Å². The fraction of sp³-hybridized carbons (Fsp3) is 0.278. The van der Waals surface area contributed by atoms with E-state index in [4.69, 9.17) is 0 Å². The van der Waals surface area contributed by atoms with Crippen LogP contribution in [0.5, 0.6) is 0 Å². The van der Waals surface area contributed by atoms with E-state index in [1.807, 2.05) is 6.92 Å². The van der Waals surface area contributed by atoms with Crippen LogP contribution in [0.3, 0.4) is 0 Å². The van der Waals surface area contributed by atoms with Gasteiger partial charge in [0.15, 0.2) is 5.96 Å². The van der Waals surface area contributed by atoms with Gasteiger partial charge in [0.25, 0.3) is 0 Å². The largest absolute Gasteiger partial charge is 0.356 e. The molecule has 2 rings (SSSR count). The second-order valence-electron chi connectivity index (χ2n) is 5.32. The molecule has 0 saturated heterocycles. The SMILES string of the molecule is CN=C(NCCc1cc(F)ccc1F)NCc1ccc(C)cc1.I. The van der Waals surface area contributed by atoms with E-state index in [2.05, 4.69) is 39.9 Å². The summed E-state index contributed by atoms with van der Waals surface area (Å²) in [5.74, 6) is -0.193. The maximum Gasteiger partial charge on any atom is 0.191 e. The smallest absolute Gasteiger partial charge is 0.191 e. The second kappa shape index (κ2) is 10.2. The lowest BCUT2D eigenvalue weighted by atomic mass is 10.1. The Hall–Kier alpha value is -1.70. The zero-order valence-corrected chi connectivity index (χ0v) is 16.1. The van der Waals surface area contributed by atoms with E-state index in [0.717, 1.165) is 17.7 Å². The van der Waals surface area contributed by atoms with Crippen molar-refractivity contribution in [3.63, 3.8) is 0 Å². The molecule has 0 heterocycles. The molecule has 2 N–H and O–H groups in total. The van der Waals surface area contributed by atoms with E-state index in [1.54, 1.807) is 7.05 Å². The number of aryl methyl sites for hydroxylation is 1. The molecule has 0 aliphatic rings. The molecule has 0 unspecified atom stereocenters. The molecular weight excluding hydrogens is 423 g/mol. The minimum absolute atomic E-state index is 0. The first kappa shape index (κ1) is 20.3. The van der Waals surface area contributed by atoms with Crippen molar-refractivity contribution in [1.29, 1.82) is 0 Å². The van der Waals surface area contributed by atoms with Crippen LogP contribution in [0, 0.1) is 18.6 Å². The summed E-state index contributed by atoms with van der Waals surface area (Å²) in [7, 11) is 1.67. The van der Waals surface area contributed by atoms with Gasteiger partial charge in [-0.05, 0) is 42.7 Å². The van der Waals surface area contributed by atoms with Crippen molar-refractivity contribution in [2.24, 2.45) is 4.99 Å². The molecule has 0 aromatic heterocycles. The molecule has 0 amide bonds. The molecule has 24 heavy (non-hydrogen) atoms. The molecule has 3 nitrogen and oxygen atoms in total. The molecule has 0 aliphatic carbocycles. The highest BCUT2D eigenvalue weighted by Crippen LogP contribution is 2.09. The number of benzene rings is 2. The predicted molar refractivity (Wildman–Crippen MR) is 105 cm³/mol. The number of nitrogens with zero attached hydrogens (tertiary/aromatic N) is 1. The van der Waals surface area contributed by atoms with Crippen molar-refractivity contribution in [2.75, 3.05) is 13.6 Å². The summed E-state index contributed by atoms with van der Waals surface area (Å²) in [5, 5.41) is 6.28. The van der Waals surface area contributed by atoms with Crippen LogP contribution in [0.1, 0.15) is 16.7 Å². The Labute approximate surface area is 158 Å². The van der Waals surface area contributed by atoms with Gasteiger partial charge in [-0.2, -0.15) is 0 Å². The summed E-state index contributed by atoms with van der Waals surface area (Å²) in [6.45, 7) is 3.16. The number of hydrogen-bond donors (Lipinski definition) is 2. The third-order valence-electron chi connectivity index (χ3n) is 3.50. The van der Waals surface area contributed by atoms with Crippen LogP contribution in [-0.2, 0) is 13.0 Å². The molecule has 0 aliphatic heterocycles. The lowest BCUT2D eigenvalue weighted by Gasteiger charge is -2.12. The van der Waals surface area contributed by atoms with Gasteiger partial charge in [0.2, 0.25) is 0 Å². The predicted octanol–water partition coefficient (Wildman–Crippen LogP) is 3.80. The quantitative estimate of drug-likeness (QED) is 0.418. The van der Waals surface area contributed by atoms with E-state index in [0.29, 0.717) is 31.0 Å². The molecule has 0 atom stereocenters. The Morgan fingerprint density at radius 3 is 2.42 bits per heavy atom. The Morgan fingerprint density at radius 2 is 1.75 bits per heavy atom. The number of guanidine groups is 1. The van der Waals surface area contributed by atoms with E-state index >= 15 is 0 Å². The molecular formula is C18H22F2IN3. The summed E-state index contributed by atoms with van der Waals surface area (Å²) >= 11 is 0. The summed E-state index contributed by atoms with van der Waals surface area (Å²) in [5.41, 5.74) is 2.72. The number of hydrogen-bond acceptors (Lipinski definition) is 1. The lowest BCUT2D eigenvalue weighted by molar-refractivity contribution is 0.583. The van der Waals surface area contributed by atoms with Gasteiger partial charge in [-0.15, -0.1) is 24.0 Å². The van der Waals surface area contributed by atoms with Crippen LogP contribution in [0.2, 0.25) is 0 Å². The topological polar surface area (TPSA) is 36.4 Å². The number of nitrogens with one attached hydrogen (secondary N) is 2. The first-order valence-corrected chi connectivity index (χ1v) is 7.52. The molecule has 0 spiro atoms. The lowest BCUT2D eigenvalue weighted by Crippen LogP contribution is -2.37. The maximum atomic E-state index is 13.5. The van der Waals surface area contributed by atoms with E-state index in [9.17, 15) is 8.78 Å². The Morgan fingerprint density at radius 1 is 1.04 bits per heavy atom. The van der Waals surface area contributed by atoms with Crippen molar-refractivity contribution in [1.82, 2.24) is 10.6 Å². The van der Waals surface area contributed by atoms with Gasteiger partial charge in [0.1, 0.15) is 11.6 Å². The van der Waals surface area contributed by atoms with Crippen molar-refractivity contribution >= 4 is 29.9 Å². The minimum Gasteiger partial charge on any atom is -0.356 e. The van der Waals surface area contributed by atoms with E-state index < -0.39 is 11.6 Å². The van der Waals surface area contributed by atoms with Crippen LogP contribution in [-0.4, -0.2) is 19.6 Å². The van der Waals surface area contributed by atoms with Crippen LogP contribution in [0.15, 0.2) is 47.5 Å². The first-order chi connectivity index (χ1) is 11.1. The maximum absolute atomic E-state index is 13.5. The summed E-state index contributed by atoms with van der Waals surface area (Å²) in [6, 6.07) is 11.7. The fourth-order valence-corrected chi connectivity index (χ4v) is 2.16. The van der Waals surface area contributed by atoms with Crippen LogP contribution < -0.4 is 10.6 Å². The third-order valence-corrected chi connectivity index (χ3v) is 3.50. The van der Waals surface area contributed by atoms with Gasteiger partial charge >= 0.3 is 0 Å². The van der Waals surface area contributed by atoms with Crippen molar-refractivity contribution < 1.29 is 8.78 Å². The van der Waals surface area contributed by atoms with Crippen LogP contribution >= 0.6 is 24.0 Å². The van der Waals surface area contributed by atoms with Crippen molar-refractivity contribution in [3.8, 4) is 0 Å². The number of aliphatic imine (C=N–C) groups is 1. The average molecular weight is 445 g/mol. The summed E-state index contributed by atoms with van der Waals surface area (Å²) < 4.78 is 26.7. The fourth-order valence-electron chi connectivity index (χ4n) is 2.16. The minimum atomic E-state index is -0.428. The Bertz CT molecular complexity index is 672. The molecule has 0 bridgehead atoms. The van der Waals surface area contributed by atoms with Gasteiger partial charge in [-0.3, -0.25) is 4.99 Å². The summed E-state index contributed by atoms with van der Waals surface area (Å²) in [4.78, 5) is 4.12. The highest BCUT2D eigenvalue weighted by molar-refractivity contribution is 14.0. The van der Waals surface area contributed by atoms with Crippen molar-refractivity contribution in [3.05, 3.63) is 70.8 Å². The molecule has 2 aromatic rings. The van der Waals surface area contributed by atoms with Gasteiger partial charge < -0.3 is 10.6 Å². The van der Waals surface area contributed by atoms with Crippen molar-refractivity contribution in [2.45, 2.75) is 19.9 Å². The summed E-state index contributed by atoms with van der Waals surface area (Å²) in [6.07, 6.45) is 0.384. The molecule has 6 heteroatoms. The molecule has 130 valence electrons. The molecule has 0 radical (unpaired) electrons. The Balaban J connectivity index is 0.00000288. The van der Waals surface area contributed by atoms with Gasteiger partial charge in [0.05, 0.1) is 0 Å². The molecule has 0 fully saturated rings. The molecule has 0 saturated carbocycles. The van der Waals surface area contributed by atoms with E-state index in [-0.39, 0.29) is 24.0 Å². The normalized spacial score (nSPS) is 10.9. The second-order valence-corrected chi connectivity index (χ2v) is 5.32. The van der Waals surface area contributed by atoms with Gasteiger partial charge in [-0.1, -0.05) is 29.8 Å². The zero-order valence-electron chi connectivity index (χ0n) is 13.8. The zero-order chi connectivity index (χ0) is 16.7. The van der Waals surface area contributed by atoms with Gasteiger partial charge in [0, 0.05) is 20.1 Å². The first-order valence-electron chi connectivity index (χ1n) is 7.52. The number of halogens is 3. The average Bonchev–Trinajstić information content (AvgIpc) is 2.55. The highest BCUT2D eigenvalue weighted by Gasteiger charge is 2.04. The van der Waals surface area contributed by atoms with Crippen LogP contribution in [0.4, 0.5) is 8.78 Å². The van der Waals surface area contributed by atoms with Crippen LogP contribution in [0.25, 0.3) is 0 Å². The monoisotopic (exact) mass is 445 g/mol. The Kier molecular flexibility index (Phi) is 8.67. The highest BCUT2D eigenvalue weighted by atomic mass is 127. The van der Waals surface area contributed by atoms with Gasteiger partial charge in [-0.25, -0.2) is 8.78 Å². The molecule has 2 aromatic carbocycles. The number of rotatable bonds is 5. The third kappa shape index (κ3) is 6.43. The standard InChI is InChI=1S/C18H21F2N3.HI/c1-13-3-5-14(6-4-13)12-23-18(21-2)22-10-9-15-11-16(19)7-8-17(15)20;/h3-8,11H,9-10,12H2,1-2H3,(H2,21,22,23);1H.